The molecule has 1 aromatic carbocycles. The zero-order valence-electron chi connectivity index (χ0n) is 11.4. The van der Waals surface area contributed by atoms with Crippen LogP contribution in [0.3, 0.4) is 0 Å². The lowest BCUT2D eigenvalue weighted by atomic mass is 10.1. The molecule has 1 amide bonds. The Balaban J connectivity index is 2.10. The zero-order valence-corrected chi connectivity index (χ0v) is 12.3. The van der Waals surface area contributed by atoms with E-state index in [0.29, 0.717) is 12.1 Å². The molecule has 106 valence electrons. The Bertz CT molecular complexity index is 584. The van der Waals surface area contributed by atoms with Crippen LogP contribution in [0.2, 0.25) is 0 Å². The molecule has 0 spiro atoms. The number of likely N-dealkylation sites (N-methyl/N-ethyl adjacent to an activating group) is 1. The van der Waals surface area contributed by atoms with Gasteiger partial charge in [0.15, 0.2) is 0 Å². The first-order valence-corrected chi connectivity index (χ1v) is 7.27. The van der Waals surface area contributed by atoms with Crippen molar-refractivity contribution in [2.75, 3.05) is 7.05 Å². The minimum atomic E-state index is -0.282. The fourth-order valence-electron chi connectivity index (χ4n) is 1.88. The molecule has 1 atom stereocenters. The third-order valence-corrected chi connectivity index (χ3v) is 3.97. The number of hydrogen-bond acceptors (Lipinski definition) is 3. The van der Waals surface area contributed by atoms with Crippen molar-refractivity contribution >= 4 is 17.2 Å². The highest BCUT2D eigenvalue weighted by atomic mass is 32.1. The van der Waals surface area contributed by atoms with Crippen molar-refractivity contribution in [1.29, 1.82) is 0 Å². The van der Waals surface area contributed by atoms with Gasteiger partial charge < -0.3 is 10.6 Å². The van der Waals surface area contributed by atoms with Crippen molar-refractivity contribution in [1.82, 2.24) is 10.6 Å². The van der Waals surface area contributed by atoms with Crippen LogP contribution in [-0.4, -0.2) is 19.0 Å². The first kappa shape index (κ1) is 14.7. The molecule has 0 aliphatic rings. The Morgan fingerprint density at radius 1 is 1.40 bits per heavy atom. The van der Waals surface area contributed by atoms with Crippen LogP contribution >= 0.6 is 11.3 Å². The van der Waals surface area contributed by atoms with Crippen LogP contribution in [0.15, 0.2) is 35.7 Å². The molecule has 2 N–H and O–H groups in total. The van der Waals surface area contributed by atoms with E-state index in [-0.39, 0.29) is 17.8 Å². The van der Waals surface area contributed by atoms with Gasteiger partial charge in [0.1, 0.15) is 5.82 Å². The summed E-state index contributed by atoms with van der Waals surface area (Å²) in [5.74, 6) is -0.291. The quantitative estimate of drug-likeness (QED) is 0.889. The lowest BCUT2D eigenvalue weighted by Crippen LogP contribution is -2.40. The molecule has 5 heteroatoms. The van der Waals surface area contributed by atoms with Crippen molar-refractivity contribution in [3.05, 3.63) is 47.1 Å². The Morgan fingerprint density at radius 2 is 2.20 bits per heavy atom. The number of nitrogens with one attached hydrogen (secondary N) is 2. The van der Waals surface area contributed by atoms with Gasteiger partial charge in [0.25, 0.3) is 0 Å². The minimum absolute atomic E-state index is 0.0643. The lowest BCUT2D eigenvalue weighted by molar-refractivity contribution is -0.122. The van der Waals surface area contributed by atoms with Gasteiger partial charge in [-0.15, -0.1) is 11.3 Å². The summed E-state index contributed by atoms with van der Waals surface area (Å²) in [5.41, 5.74) is 1.55. The van der Waals surface area contributed by atoms with E-state index in [2.05, 4.69) is 10.6 Å². The van der Waals surface area contributed by atoms with Gasteiger partial charge in [0.2, 0.25) is 5.91 Å². The van der Waals surface area contributed by atoms with Gasteiger partial charge >= 0.3 is 0 Å². The van der Waals surface area contributed by atoms with Gasteiger partial charge in [-0.05, 0) is 36.1 Å². The monoisotopic (exact) mass is 292 g/mol. The molecule has 2 aromatic rings. The van der Waals surface area contributed by atoms with Gasteiger partial charge in [-0.3, -0.25) is 4.79 Å². The second kappa shape index (κ2) is 6.63. The van der Waals surface area contributed by atoms with Crippen LogP contribution in [0.25, 0.3) is 10.4 Å². The molecule has 3 nitrogen and oxygen atoms in total. The summed E-state index contributed by atoms with van der Waals surface area (Å²) in [6.07, 6.45) is 0. The Hall–Kier alpha value is -1.72. The van der Waals surface area contributed by atoms with Gasteiger partial charge in [-0.1, -0.05) is 12.1 Å². The summed E-state index contributed by atoms with van der Waals surface area (Å²) in [5, 5.41) is 7.62. The van der Waals surface area contributed by atoms with Crippen LogP contribution < -0.4 is 10.6 Å². The predicted octanol–water partition coefficient (Wildman–Crippen LogP) is 2.78. The Kier molecular flexibility index (Phi) is 4.87. The number of carbonyl (C=O) groups excluding carboxylic acids is 1. The average Bonchev–Trinajstić information content (AvgIpc) is 2.99. The van der Waals surface area contributed by atoms with Crippen LogP contribution in [0, 0.1) is 5.82 Å². The first-order chi connectivity index (χ1) is 9.61. The molecule has 0 saturated carbocycles. The third kappa shape index (κ3) is 3.43. The Labute approximate surface area is 121 Å². The van der Waals surface area contributed by atoms with E-state index in [1.807, 2.05) is 23.6 Å². The van der Waals surface area contributed by atoms with E-state index >= 15 is 0 Å². The number of halogens is 1. The maximum Gasteiger partial charge on any atom is 0.236 e. The highest BCUT2D eigenvalue weighted by Crippen LogP contribution is 2.28. The molecule has 1 heterocycles. The van der Waals surface area contributed by atoms with E-state index in [1.165, 1.54) is 17.4 Å². The van der Waals surface area contributed by atoms with Crippen molar-refractivity contribution in [3.63, 3.8) is 0 Å². The highest BCUT2D eigenvalue weighted by Gasteiger charge is 2.11. The molecule has 0 saturated heterocycles. The summed E-state index contributed by atoms with van der Waals surface area (Å²) >= 11 is 1.51. The second-order valence-electron chi connectivity index (χ2n) is 4.51. The number of amides is 1. The maximum absolute atomic E-state index is 13.8. The molecule has 0 fully saturated rings. The molecule has 1 unspecified atom stereocenters. The predicted molar refractivity (Wildman–Crippen MR) is 80.1 cm³/mol. The second-order valence-corrected chi connectivity index (χ2v) is 5.46. The molecular weight excluding hydrogens is 275 g/mol. The van der Waals surface area contributed by atoms with Gasteiger partial charge in [0, 0.05) is 24.0 Å². The van der Waals surface area contributed by atoms with Crippen molar-refractivity contribution < 1.29 is 9.18 Å². The van der Waals surface area contributed by atoms with E-state index in [0.717, 1.165) is 10.4 Å². The standard InChI is InChI=1S/C15H17FN2OS/c1-10(15(19)17-2)18-9-11-5-6-13(16)12(8-11)14-4-3-7-20-14/h3-8,10,18H,9H2,1-2H3,(H,17,19). The number of hydrogen-bond donors (Lipinski definition) is 2. The Morgan fingerprint density at radius 3 is 2.85 bits per heavy atom. The van der Waals surface area contributed by atoms with Crippen molar-refractivity contribution in [2.24, 2.45) is 0 Å². The molecule has 0 bridgehead atoms. The summed E-state index contributed by atoms with van der Waals surface area (Å²) in [4.78, 5) is 12.3. The third-order valence-electron chi connectivity index (χ3n) is 3.07. The lowest BCUT2D eigenvalue weighted by Gasteiger charge is -2.13. The first-order valence-electron chi connectivity index (χ1n) is 6.39. The summed E-state index contributed by atoms with van der Waals surface area (Å²) in [7, 11) is 1.60. The fraction of sp³-hybridized carbons (Fsp3) is 0.267. The van der Waals surface area contributed by atoms with E-state index in [9.17, 15) is 9.18 Å². The number of rotatable bonds is 5. The minimum Gasteiger partial charge on any atom is -0.358 e. The van der Waals surface area contributed by atoms with E-state index in [4.69, 9.17) is 0 Å². The normalized spacial score (nSPS) is 12.2. The summed E-state index contributed by atoms with van der Waals surface area (Å²) in [6.45, 7) is 2.32. The van der Waals surface area contributed by atoms with Crippen LogP contribution in [0.4, 0.5) is 4.39 Å². The molecule has 0 aliphatic carbocycles. The molecule has 1 aromatic heterocycles. The zero-order chi connectivity index (χ0) is 14.5. The van der Waals surface area contributed by atoms with Gasteiger partial charge in [0.05, 0.1) is 6.04 Å². The molecular formula is C15H17FN2OS. The number of benzene rings is 1. The molecule has 0 radical (unpaired) electrons. The van der Waals surface area contributed by atoms with E-state index < -0.39 is 0 Å². The number of carbonyl (C=O) groups is 1. The fourth-order valence-corrected chi connectivity index (χ4v) is 2.63. The maximum atomic E-state index is 13.8. The molecule has 2 rings (SSSR count). The summed E-state index contributed by atoms with van der Waals surface area (Å²) < 4.78 is 13.8. The van der Waals surface area contributed by atoms with E-state index in [1.54, 1.807) is 20.0 Å². The van der Waals surface area contributed by atoms with Crippen molar-refractivity contribution in [3.8, 4) is 10.4 Å². The summed E-state index contributed by atoms with van der Waals surface area (Å²) in [6, 6.07) is 8.54. The van der Waals surface area contributed by atoms with Gasteiger partial charge in [-0.2, -0.15) is 0 Å². The SMILES string of the molecule is CNC(=O)C(C)NCc1ccc(F)c(-c2cccs2)c1. The largest absolute Gasteiger partial charge is 0.358 e. The van der Waals surface area contributed by atoms with Crippen LogP contribution in [0.5, 0.6) is 0 Å². The molecule has 20 heavy (non-hydrogen) atoms. The number of thiophene rings is 1. The van der Waals surface area contributed by atoms with Crippen LogP contribution in [-0.2, 0) is 11.3 Å². The highest BCUT2D eigenvalue weighted by molar-refractivity contribution is 7.13. The van der Waals surface area contributed by atoms with Crippen molar-refractivity contribution in [2.45, 2.75) is 19.5 Å². The van der Waals surface area contributed by atoms with Crippen LogP contribution in [0.1, 0.15) is 12.5 Å². The van der Waals surface area contributed by atoms with Gasteiger partial charge in [-0.25, -0.2) is 4.39 Å². The topological polar surface area (TPSA) is 41.1 Å². The molecule has 0 aliphatic heterocycles. The average molecular weight is 292 g/mol. The smallest absolute Gasteiger partial charge is 0.236 e.